The maximum absolute atomic E-state index is 11.6. The average Bonchev–Trinajstić information content (AvgIpc) is 2.62. The molecule has 0 amide bonds. The predicted octanol–water partition coefficient (Wildman–Crippen LogP) is -0.892. The van der Waals surface area contributed by atoms with Crippen LogP contribution in [0, 0.1) is 6.92 Å². The van der Waals surface area contributed by atoms with E-state index in [-0.39, 0.29) is 12.2 Å². The van der Waals surface area contributed by atoms with Crippen LogP contribution in [0.15, 0.2) is 10.9 Å². The smallest absolute Gasteiger partial charge is 0.274 e. The van der Waals surface area contributed by atoms with Crippen LogP contribution in [0.5, 0.6) is 0 Å². The van der Waals surface area contributed by atoms with Crippen molar-refractivity contribution in [2.75, 3.05) is 6.61 Å². The number of H-pyrrole nitrogens is 1. The molecule has 0 aliphatic carbocycles. The van der Waals surface area contributed by atoms with Gasteiger partial charge < -0.3 is 10.8 Å². The second-order valence-electron chi connectivity index (χ2n) is 3.60. The van der Waals surface area contributed by atoms with Gasteiger partial charge in [0.05, 0.1) is 6.04 Å². The molecule has 0 fully saturated rings. The standard InChI is InChI=1S/C9H13N5O2/c1-5-4-7(16)14-9(11-5)12-8(13-14)6(10)2-3-15/h4,6,15H,2-3,10H2,1H3,(H,11,12,13). The number of nitrogens with one attached hydrogen (secondary N) is 1. The van der Waals surface area contributed by atoms with Crippen molar-refractivity contribution in [2.45, 2.75) is 19.4 Å². The normalized spacial score (nSPS) is 13.2. The van der Waals surface area contributed by atoms with Gasteiger partial charge >= 0.3 is 0 Å². The highest BCUT2D eigenvalue weighted by atomic mass is 16.3. The Bertz CT molecular complexity index is 559. The first-order valence-corrected chi connectivity index (χ1v) is 4.94. The summed E-state index contributed by atoms with van der Waals surface area (Å²) in [6.45, 7) is 1.70. The molecule has 0 aromatic carbocycles. The van der Waals surface area contributed by atoms with Gasteiger partial charge in [-0.3, -0.25) is 9.89 Å². The molecule has 0 aliphatic heterocycles. The number of aromatic amines is 1. The highest BCUT2D eigenvalue weighted by molar-refractivity contribution is 5.28. The van der Waals surface area contributed by atoms with Gasteiger partial charge in [-0.2, -0.15) is 9.50 Å². The van der Waals surface area contributed by atoms with Crippen molar-refractivity contribution in [3.63, 3.8) is 0 Å². The van der Waals surface area contributed by atoms with Crippen LogP contribution in [0.3, 0.4) is 0 Å². The van der Waals surface area contributed by atoms with Crippen molar-refractivity contribution in [2.24, 2.45) is 5.73 Å². The summed E-state index contributed by atoms with van der Waals surface area (Å²) in [6, 6.07) is 0.985. The Kier molecular flexibility index (Phi) is 2.71. The first-order valence-electron chi connectivity index (χ1n) is 4.94. The summed E-state index contributed by atoms with van der Waals surface area (Å²) >= 11 is 0. The third kappa shape index (κ3) is 1.82. The van der Waals surface area contributed by atoms with Gasteiger partial charge in [-0.15, -0.1) is 0 Å². The number of hydrogen-bond donors (Lipinski definition) is 3. The number of fused-ring (bicyclic) bond motifs is 1. The molecule has 1 unspecified atom stereocenters. The van der Waals surface area contributed by atoms with Gasteiger partial charge in [-0.25, -0.2) is 4.98 Å². The molecular formula is C9H13N5O2. The third-order valence-corrected chi connectivity index (χ3v) is 2.27. The molecule has 7 heteroatoms. The lowest BCUT2D eigenvalue weighted by Gasteiger charge is -2.03. The molecule has 2 aromatic rings. The molecule has 0 spiro atoms. The molecule has 2 heterocycles. The largest absolute Gasteiger partial charge is 0.396 e. The maximum atomic E-state index is 11.6. The fourth-order valence-corrected chi connectivity index (χ4v) is 1.45. The molecule has 86 valence electrons. The van der Waals surface area contributed by atoms with Crippen molar-refractivity contribution in [3.8, 4) is 0 Å². The molecule has 0 saturated carbocycles. The topological polar surface area (TPSA) is 109 Å². The molecule has 16 heavy (non-hydrogen) atoms. The van der Waals surface area contributed by atoms with Gasteiger partial charge in [0.15, 0.2) is 0 Å². The van der Waals surface area contributed by atoms with Crippen LogP contribution in [0.2, 0.25) is 0 Å². The molecule has 2 rings (SSSR count). The van der Waals surface area contributed by atoms with Gasteiger partial charge in [-0.1, -0.05) is 0 Å². The van der Waals surface area contributed by atoms with Crippen LogP contribution in [-0.4, -0.2) is 31.3 Å². The van der Waals surface area contributed by atoms with E-state index in [0.717, 1.165) is 0 Å². The summed E-state index contributed by atoms with van der Waals surface area (Å²) in [6.07, 6.45) is 0.382. The van der Waals surface area contributed by atoms with Crippen LogP contribution < -0.4 is 11.3 Å². The van der Waals surface area contributed by atoms with Gasteiger partial charge in [-0.05, 0) is 13.3 Å². The zero-order valence-corrected chi connectivity index (χ0v) is 8.84. The Morgan fingerprint density at radius 1 is 1.62 bits per heavy atom. The fourth-order valence-electron chi connectivity index (χ4n) is 1.45. The molecule has 0 saturated heterocycles. The average molecular weight is 223 g/mol. The highest BCUT2D eigenvalue weighted by Crippen LogP contribution is 2.08. The number of aliphatic hydroxyl groups is 1. The number of rotatable bonds is 3. The summed E-state index contributed by atoms with van der Waals surface area (Å²) in [5, 5.41) is 11.5. The molecular weight excluding hydrogens is 210 g/mol. The van der Waals surface area contributed by atoms with Gasteiger partial charge in [0.25, 0.3) is 11.3 Å². The van der Waals surface area contributed by atoms with Gasteiger partial charge in [0.2, 0.25) is 0 Å². The van der Waals surface area contributed by atoms with Crippen LogP contribution in [-0.2, 0) is 0 Å². The number of aryl methyl sites for hydroxylation is 1. The number of aliphatic hydroxyl groups excluding tert-OH is 1. The summed E-state index contributed by atoms with van der Waals surface area (Å²) < 4.78 is 1.24. The van der Waals surface area contributed by atoms with Crippen molar-refractivity contribution >= 4 is 5.78 Å². The molecule has 0 bridgehead atoms. The zero-order valence-electron chi connectivity index (χ0n) is 8.84. The molecule has 0 radical (unpaired) electrons. The summed E-state index contributed by atoms with van der Waals surface area (Å²) in [4.78, 5) is 19.8. The predicted molar refractivity (Wildman–Crippen MR) is 57.0 cm³/mol. The SMILES string of the molecule is Cc1cc(=O)n2[nH]c(C(N)CCO)nc2n1. The second-order valence-corrected chi connectivity index (χ2v) is 3.60. The zero-order chi connectivity index (χ0) is 11.7. The summed E-state index contributed by atoms with van der Waals surface area (Å²) in [5.74, 6) is 0.748. The van der Waals surface area contributed by atoms with Gasteiger partial charge in [0.1, 0.15) is 5.82 Å². The molecule has 2 aromatic heterocycles. The fraction of sp³-hybridized carbons (Fsp3) is 0.444. The molecule has 1 atom stereocenters. The summed E-state index contributed by atoms with van der Waals surface area (Å²) in [5.41, 5.74) is 6.15. The van der Waals surface area contributed by atoms with E-state index in [9.17, 15) is 4.79 Å². The van der Waals surface area contributed by atoms with Crippen molar-refractivity contribution in [1.82, 2.24) is 19.6 Å². The summed E-state index contributed by atoms with van der Waals surface area (Å²) in [7, 11) is 0. The van der Waals surface area contributed by atoms with Crippen LogP contribution >= 0.6 is 0 Å². The van der Waals surface area contributed by atoms with Crippen LogP contribution in [0.1, 0.15) is 24.0 Å². The minimum Gasteiger partial charge on any atom is -0.396 e. The lowest BCUT2D eigenvalue weighted by Crippen LogP contribution is -2.16. The number of nitrogens with two attached hydrogens (primary N) is 1. The minimum atomic E-state index is -0.425. The second kappa shape index (κ2) is 4.03. The maximum Gasteiger partial charge on any atom is 0.274 e. The minimum absolute atomic E-state index is 0.0282. The first kappa shape index (κ1) is 10.8. The van der Waals surface area contributed by atoms with Crippen LogP contribution in [0.4, 0.5) is 0 Å². The lowest BCUT2D eigenvalue weighted by atomic mass is 10.2. The number of hydrogen-bond acceptors (Lipinski definition) is 5. The molecule has 4 N–H and O–H groups in total. The Hall–Kier alpha value is -1.73. The van der Waals surface area contributed by atoms with Crippen molar-refractivity contribution < 1.29 is 5.11 Å². The monoisotopic (exact) mass is 223 g/mol. The Morgan fingerprint density at radius 3 is 3.06 bits per heavy atom. The Balaban J connectivity index is 2.51. The van der Waals surface area contributed by atoms with E-state index in [1.165, 1.54) is 10.6 Å². The van der Waals surface area contributed by atoms with E-state index >= 15 is 0 Å². The van der Waals surface area contributed by atoms with Crippen LogP contribution in [0.25, 0.3) is 5.78 Å². The number of aromatic nitrogens is 4. The Morgan fingerprint density at radius 2 is 2.38 bits per heavy atom. The van der Waals surface area contributed by atoms with Gasteiger partial charge in [0, 0.05) is 18.4 Å². The molecule has 7 nitrogen and oxygen atoms in total. The van der Waals surface area contributed by atoms with E-state index in [1.54, 1.807) is 6.92 Å². The van der Waals surface area contributed by atoms with E-state index in [4.69, 9.17) is 10.8 Å². The lowest BCUT2D eigenvalue weighted by molar-refractivity contribution is 0.274. The van der Waals surface area contributed by atoms with E-state index in [0.29, 0.717) is 23.7 Å². The molecule has 0 aliphatic rings. The van der Waals surface area contributed by atoms with Crippen molar-refractivity contribution in [1.29, 1.82) is 0 Å². The third-order valence-electron chi connectivity index (χ3n) is 2.27. The van der Waals surface area contributed by atoms with E-state index in [2.05, 4.69) is 15.1 Å². The highest BCUT2D eigenvalue weighted by Gasteiger charge is 2.12. The number of nitrogens with zero attached hydrogens (tertiary/aromatic N) is 3. The first-order chi connectivity index (χ1) is 7.61. The quantitative estimate of drug-likeness (QED) is 0.625. The van der Waals surface area contributed by atoms with E-state index in [1.807, 2.05) is 0 Å². The van der Waals surface area contributed by atoms with Crippen molar-refractivity contribution in [3.05, 3.63) is 27.9 Å². The van der Waals surface area contributed by atoms with E-state index < -0.39 is 6.04 Å². The Labute approximate surface area is 90.9 Å².